The number of benzene rings is 2. The quantitative estimate of drug-likeness (QED) is 0.476. The van der Waals surface area contributed by atoms with Gasteiger partial charge in [-0.1, -0.05) is 24.3 Å². The molecule has 0 atom stereocenters. The van der Waals surface area contributed by atoms with Crippen molar-refractivity contribution in [3.05, 3.63) is 78.1 Å². The van der Waals surface area contributed by atoms with Gasteiger partial charge in [-0.3, -0.25) is 4.98 Å². The molecule has 3 nitrogen and oxygen atoms in total. The minimum Gasteiger partial charge on any atom is -0.494 e. The smallest absolute Gasteiger partial charge is 0.416 e. The predicted octanol–water partition coefficient (Wildman–Crippen LogP) is 6.31. The van der Waals surface area contributed by atoms with Gasteiger partial charge in [0.1, 0.15) is 5.75 Å². The Hall–Kier alpha value is -2.51. The lowest BCUT2D eigenvalue weighted by molar-refractivity contribution is -0.137. The molecule has 0 fully saturated rings. The molecule has 0 amide bonds. The molecule has 3 rings (SSSR count). The molecule has 1 heterocycles. The van der Waals surface area contributed by atoms with Crippen molar-refractivity contribution in [2.75, 3.05) is 7.11 Å². The molecule has 0 aliphatic rings. The van der Waals surface area contributed by atoms with E-state index in [1.165, 1.54) is 18.0 Å². The summed E-state index contributed by atoms with van der Waals surface area (Å²) in [6.07, 6.45) is -0.990. The van der Waals surface area contributed by atoms with Gasteiger partial charge in [0.15, 0.2) is 0 Å². The first-order valence-corrected chi connectivity index (χ1v) is 9.72. The fourth-order valence-corrected chi connectivity index (χ4v) is 3.66. The first kappa shape index (κ1) is 21.2. The molecule has 0 aliphatic heterocycles. The molecule has 0 saturated heterocycles. The molecule has 7 heteroatoms. The fraction of sp³-hybridized carbons (Fsp3) is 0.227. The Bertz CT molecular complexity index is 990. The molecule has 0 saturated carbocycles. The zero-order chi connectivity index (χ0) is 21.1. The van der Waals surface area contributed by atoms with Crippen LogP contribution in [0.25, 0.3) is 11.1 Å². The number of alkyl halides is 3. The lowest BCUT2D eigenvalue weighted by atomic mass is 9.92. The van der Waals surface area contributed by atoms with E-state index in [2.05, 4.69) is 9.71 Å². The minimum absolute atomic E-state index is 0.491. The van der Waals surface area contributed by atoms with Crippen molar-refractivity contribution >= 4 is 11.9 Å². The molecule has 152 valence electrons. The number of nitrogens with zero attached hydrogens (tertiary/aromatic N) is 1. The number of ether oxygens (including phenoxy) is 1. The molecule has 0 aliphatic carbocycles. The number of aromatic nitrogens is 1. The molecular weight excluding hydrogens is 397 g/mol. The monoisotopic (exact) mass is 418 g/mol. The van der Waals surface area contributed by atoms with Crippen molar-refractivity contribution in [1.82, 2.24) is 9.71 Å². The molecule has 2 aromatic carbocycles. The molecule has 0 spiro atoms. The Kier molecular flexibility index (Phi) is 6.19. The van der Waals surface area contributed by atoms with Crippen molar-refractivity contribution in [2.45, 2.75) is 30.5 Å². The van der Waals surface area contributed by atoms with Gasteiger partial charge >= 0.3 is 6.18 Å². The second kappa shape index (κ2) is 8.47. The highest BCUT2D eigenvalue weighted by Gasteiger charge is 2.30. The minimum atomic E-state index is -4.36. The summed E-state index contributed by atoms with van der Waals surface area (Å²) < 4.78 is 47.5. The van der Waals surface area contributed by atoms with E-state index in [1.807, 2.05) is 44.2 Å². The third-order valence-corrected chi connectivity index (χ3v) is 5.59. The van der Waals surface area contributed by atoms with E-state index in [1.54, 1.807) is 25.6 Å². The molecule has 0 bridgehead atoms. The van der Waals surface area contributed by atoms with E-state index in [4.69, 9.17) is 4.74 Å². The topological polar surface area (TPSA) is 34.1 Å². The highest BCUT2D eigenvalue weighted by molar-refractivity contribution is 7.97. The highest BCUT2D eigenvalue weighted by Crippen LogP contribution is 2.34. The standard InChI is InChI=1S/C22H21F3N2OS/c1-21(2,27-29-18-9-5-8-17(13-18)22(23,24)25)16-7-4-6-15(12-16)19-10-11-26-14-20(19)28-3/h4-14,27H,1-3H3. The van der Waals surface area contributed by atoms with Crippen LogP contribution in [0.2, 0.25) is 0 Å². The summed E-state index contributed by atoms with van der Waals surface area (Å²) >= 11 is 1.18. The van der Waals surface area contributed by atoms with Crippen LogP contribution in [0, 0.1) is 0 Å². The van der Waals surface area contributed by atoms with Crippen LogP contribution in [0.4, 0.5) is 13.2 Å². The summed E-state index contributed by atoms with van der Waals surface area (Å²) in [6.45, 7) is 3.97. The maximum Gasteiger partial charge on any atom is 0.416 e. The summed E-state index contributed by atoms with van der Waals surface area (Å²) in [5.74, 6) is 0.675. The van der Waals surface area contributed by atoms with Crippen molar-refractivity contribution < 1.29 is 17.9 Å². The van der Waals surface area contributed by atoms with Gasteiger partial charge in [0.2, 0.25) is 0 Å². The van der Waals surface area contributed by atoms with Gasteiger partial charge in [-0.25, -0.2) is 4.72 Å². The SMILES string of the molecule is COc1cnccc1-c1cccc(C(C)(C)NSc2cccc(C(F)(F)F)c2)c1. The summed E-state index contributed by atoms with van der Waals surface area (Å²) in [4.78, 5) is 4.58. The second-order valence-electron chi connectivity index (χ2n) is 7.01. The van der Waals surface area contributed by atoms with Gasteiger partial charge in [0.05, 0.1) is 18.9 Å². The normalized spacial score (nSPS) is 12.1. The Morgan fingerprint density at radius 2 is 1.69 bits per heavy atom. The summed E-state index contributed by atoms with van der Waals surface area (Å²) in [6, 6.07) is 15.1. The van der Waals surface area contributed by atoms with Gasteiger partial charge in [-0.2, -0.15) is 13.2 Å². The maximum absolute atomic E-state index is 12.9. The molecule has 1 N–H and O–H groups in total. The number of rotatable bonds is 6. The Morgan fingerprint density at radius 1 is 0.966 bits per heavy atom. The number of hydrogen-bond donors (Lipinski definition) is 1. The van der Waals surface area contributed by atoms with Gasteiger partial charge in [0.25, 0.3) is 0 Å². The third-order valence-electron chi connectivity index (χ3n) is 4.49. The lowest BCUT2D eigenvalue weighted by Crippen LogP contribution is -2.31. The average Bonchev–Trinajstić information content (AvgIpc) is 2.72. The van der Waals surface area contributed by atoms with Crippen LogP contribution in [-0.2, 0) is 11.7 Å². The average molecular weight is 418 g/mol. The molecule has 3 aromatic rings. The Labute approximate surface area is 172 Å². The number of methoxy groups -OCH3 is 1. The molecule has 0 unspecified atom stereocenters. The summed E-state index contributed by atoms with van der Waals surface area (Å²) in [5, 5.41) is 0. The van der Waals surface area contributed by atoms with Crippen molar-refractivity contribution in [1.29, 1.82) is 0 Å². The van der Waals surface area contributed by atoms with E-state index in [9.17, 15) is 13.2 Å². The zero-order valence-corrected chi connectivity index (χ0v) is 17.1. The maximum atomic E-state index is 12.9. The lowest BCUT2D eigenvalue weighted by Gasteiger charge is -2.27. The van der Waals surface area contributed by atoms with Crippen LogP contribution in [0.5, 0.6) is 5.75 Å². The van der Waals surface area contributed by atoms with Crippen molar-refractivity contribution in [2.24, 2.45) is 0 Å². The van der Waals surface area contributed by atoms with Crippen LogP contribution in [0.3, 0.4) is 0 Å². The number of pyridine rings is 1. The van der Waals surface area contributed by atoms with Crippen LogP contribution >= 0.6 is 11.9 Å². The van der Waals surface area contributed by atoms with Gasteiger partial charge in [0, 0.05) is 22.2 Å². The van der Waals surface area contributed by atoms with Crippen LogP contribution in [0.15, 0.2) is 71.9 Å². The van der Waals surface area contributed by atoms with Gasteiger partial charge in [-0.05, 0) is 67.3 Å². The largest absolute Gasteiger partial charge is 0.494 e. The predicted molar refractivity (Wildman–Crippen MR) is 110 cm³/mol. The molecule has 1 aromatic heterocycles. The van der Waals surface area contributed by atoms with Crippen molar-refractivity contribution in [3.63, 3.8) is 0 Å². The summed E-state index contributed by atoms with van der Waals surface area (Å²) in [5.41, 5.74) is 1.74. The Morgan fingerprint density at radius 3 is 2.41 bits per heavy atom. The Balaban J connectivity index is 1.82. The van der Waals surface area contributed by atoms with Gasteiger partial charge < -0.3 is 4.74 Å². The molecule has 0 radical (unpaired) electrons. The second-order valence-corrected chi connectivity index (χ2v) is 7.89. The van der Waals surface area contributed by atoms with Crippen LogP contribution in [-0.4, -0.2) is 12.1 Å². The van der Waals surface area contributed by atoms with E-state index < -0.39 is 17.3 Å². The van der Waals surface area contributed by atoms with E-state index in [0.717, 1.165) is 28.8 Å². The van der Waals surface area contributed by atoms with Crippen LogP contribution in [0.1, 0.15) is 25.0 Å². The number of hydrogen-bond acceptors (Lipinski definition) is 4. The van der Waals surface area contributed by atoms with Crippen molar-refractivity contribution in [3.8, 4) is 16.9 Å². The van der Waals surface area contributed by atoms with E-state index in [-0.39, 0.29) is 0 Å². The first-order valence-electron chi connectivity index (χ1n) is 8.91. The fourth-order valence-electron chi connectivity index (χ4n) is 2.84. The van der Waals surface area contributed by atoms with E-state index in [0.29, 0.717) is 10.6 Å². The number of nitrogens with one attached hydrogen (secondary N) is 1. The first-order chi connectivity index (χ1) is 13.7. The highest BCUT2D eigenvalue weighted by atomic mass is 32.2. The zero-order valence-electron chi connectivity index (χ0n) is 16.2. The van der Waals surface area contributed by atoms with Crippen LogP contribution < -0.4 is 9.46 Å². The molecule has 29 heavy (non-hydrogen) atoms. The van der Waals surface area contributed by atoms with E-state index >= 15 is 0 Å². The van der Waals surface area contributed by atoms with Gasteiger partial charge in [-0.15, -0.1) is 0 Å². The third kappa shape index (κ3) is 5.10. The summed E-state index contributed by atoms with van der Waals surface area (Å²) in [7, 11) is 1.60. The number of halogens is 3. The molecular formula is C22H21F3N2OS.